The van der Waals surface area contributed by atoms with Gasteiger partial charge in [0, 0.05) is 19.1 Å². The Hall–Kier alpha value is -0.120. The fourth-order valence-electron chi connectivity index (χ4n) is 1.56. The van der Waals surface area contributed by atoms with E-state index in [4.69, 9.17) is 5.73 Å². The maximum atomic E-state index is 9.41. The zero-order chi connectivity index (χ0) is 9.72. The number of piperidine rings is 1. The molecular formula is C9H22N2O. The van der Waals surface area contributed by atoms with Gasteiger partial charge >= 0.3 is 0 Å². The molecule has 1 fully saturated rings. The molecule has 0 saturated carbocycles. The average Bonchev–Trinajstić information content (AvgIpc) is 2.04. The molecule has 0 spiro atoms. The van der Waals surface area contributed by atoms with Gasteiger partial charge in [0.15, 0.2) is 0 Å². The van der Waals surface area contributed by atoms with Crippen LogP contribution in [0.3, 0.4) is 0 Å². The van der Waals surface area contributed by atoms with Crippen molar-refractivity contribution in [1.29, 1.82) is 0 Å². The monoisotopic (exact) mass is 174 g/mol. The van der Waals surface area contributed by atoms with Crippen molar-refractivity contribution in [3.05, 3.63) is 0 Å². The Kier molecular flexibility index (Phi) is 5.46. The zero-order valence-electron chi connectivity index (χ0n) is 8.62. The van der Waals surface area contributed by atoms with Crippen LogP contribution in [-0.4, -0.2) is 42.3 Å². The second-order valence-electron chi connectivity index (χ2n) is 3.35. The van der Waals surface area contributed by atoms with E-state index < -0.39 is 0 Å². The number of hydrogen-bond acceptors (Lipinski definition) is 3. The molecule has 0 bridgehead atoms. The zero-order valence-corrected chi connectivity index (χ0v) is 8.62. The Morgan fingerprint density at radius 1 is 1.33 bits per heavy atom. The lowest BCUT2D eigenvalue weighted by atomic mass is 9.93. The Bertz CT molecular complexity index is 107. The molecule has 0 aromatic carbocycles. The van der Waals surface area contributed by atoms with Gasteiger partial charge in [0.1, 0.15) is 0 Å². The normalized spacial score (nSPS) is 37.0. The molecule has 0 aromatic heterocycles. The molecule has 3 unspecified atom stereocenters. The summed E-state index contributed by atoms with van der Waals surface area (Å²) in [4.78, 5) is 2.15. The van der Waals surface area contributed by atoms with Crippen LogP contribution in [0.25, 0.3) is 0 Å². The lowest BCUT2D eigenvalue weighted by Crippen LogP contribution is -2.54. The van der Waals surface area contributed by atoms with E-state index in [1.54, 1.807) is 0 Å². The SMILES string of the molecule is CC.CC1CN(C)CC(N)C1O. The van der Waals surface area contributed by atoms with E-state index in [2.05, 4.69) is 4.90 Å². The molecule has 0 aromatic rings. The van der Waals surface area contributed by atoms with Gasteiger partial charge in [-0.2, -0.15) is 0 Å². The van der Waals surface area contributed by atoms with Crippen molar-refractivity contribution in [2.45, 2.75) is 32.9 Å². The molecule has 0 amide bonds. The van der Waals surface area contributed by atoms with Crippen LogP contribution >= 0.6 is 0 Å². The van der Waals surface area contributed by atoms with Crippen molar-refractivity contribution in [3.8, 4) is 0 Å². The number of nitrogens with zero attached hydrogens (tertiary/aromatic N) is 1. The van der Waals surface area contributed by atoms with Crippen molar-refractivity contribution in [2.24, 2.45) is 11.7 Å². The molecule has 74 valence electrons. The summed E-state index contributed by atoms with van der Waals surface area (Å²) in [6, 6.07) is -0.0613. The molecule has 3 atom stereocenters. The third-order valence-electron chi connectivity index (χ3n) is 2.14. The topological polar surface area (TPSA) is 49.5 Å². The molecule has 1 aliphatic heterocycles. The first-order chi connectivity index (χ1) is 5.61. The quantitative estimate of drug-likeness (QED) is 0.554. The first kappa shape index (κ1) is 11.9. The summed E-state index contributed by atoms with van der Waals surface area (Å²) in [7, 11) is 2.03. The van der Waals surface area contributed by atoms with E-state index in [1.165, 1.54) is 0 Å². The molecule has 3 N–H and O–H groups in total. The minimum Gasteiger partial charge on any atom is -0.391 e. The fourth-order valence-corrected chi connectivity index (χ4v) is 1.56. The van der Waals surface area contributed by atoms with Crippen LogP contribution in [-0.2, 0) is 0 Å². The van der Waals surface area contributed by atoms with Gasteiger partial charge in [-0.05, 0) is 13.0 Å². The van der Waals surface area contributed by atoms with Crippen molar-refractivity contribution in [1.82, 2.24) is 4.90 Å². The van der Waals surface area contributed by atoms with Gasteiger partial charge in [0.2, 0.25) is 0 Å². The standard InChI is InChI=1S/C7H16N2O.C2H6/c1-5-3-9(2)4-6(8)7(5)10;1-2/h5-7,10H,3-4,8H2,1-2H3;1-2H3. The van der Waals surface area contributed by atoms with Crippen LogP contribution in [0.2, 0.25) is 0 Å². The highest BCUT2D eigenvalue weighted by Crippen LogP contribution is 2.13. The largest absolute Gasteiger partial charge is 0.391 e. The van der Waals surface area contributed by atoms with E-state index >= 15 is 0 Å². The van der Waals surface area contributed by atoms with Gasteiger partial charge in [0.05, 0.1) is 6.10 Å². The van der Waals surface area contributed by atoms with Crippen LogP contribution in [0.5, 0.6) is 0 Å². The van der Waals surface area contributed by atoms with Crippen molar-refractivity contribution >= 4 is 0 Å². The van der Waals surface area contributed by atoms with E-state index in [0.717, 1.165) is 13.1 Å². The molecule has 0 aliphatic carbocycles. The summed E-state index contributed by atoms with van der Waals surface area (Å²) in [6.07, 6.45) is -0.309. The molecule has 1 saturated heterocycles. The number of hydrogen-bond donors (Lipinski definition) is 2. The summed E-state index contributed by atoms with van der Waals surface area (Å²) < 4.78 is 0. The van der Waals surface area contributed by atoms with Gasteiger partial charge in [-0.3, -0.25) is 0 Å². The third kappa shape index (κ3) is 3.09. The number of rotatable bonds is 0. The molecule has 3 heteroatoms. The minimum atomic E-state index is -0.309. The maximum Gasteiger partial charge on any atom is 0.0741 e. The summed E-state index contributed by atoms with van der Waals surface area (Å²) in [5.74, 6) is 0.314. The van der Waals surface area contributed by atoms with Gasteiger partial charge in [-0.25, -0.2) is 0 Å². The van der Waals surface area contributed by atoms with Crippen LogP contribution in [0.1, 0.15) is 20.8 Å². The van der Waals surface area contributed by atoms with Gasteiger partial charge in [-0.1, -0.05) is 20.8 Å². The highest BCUT2D eigenvalue weighted by molar-refractivity contribution is 4.85. The minimum absolute atomic E-state index is 0.0613. The van der Waals surface area contributed by atoms with Crippen LogP contribution < -0.4 is 5.73 Å². The fraction of sp³-hybridized carbons (Fsp3) is 1.00. The van der Waals surface area contributed by atoms with Crippen LogP contribution in [0.4, 0.5) is 0 Å². The summed E-state index contributed by atoms with van der Waals surface area (Å²) >= 11 is 0. The third-order valence-corrected chi connectivity index (χ3v) is 2.14. The van der Waals surface area contributed by atoms with Crippen molar-refractivity contribution < 1.29 is 5.11 Å². The van der Waals surface area contributed by atoms with Gasteiger partial charge < -0.3 is 15.7 Å². The highest BCUT2D eigenvalue weighted by Gasteiger charge is 2.28. The van der Waals surface area contributed by atoms with Crippen LogP contribution in [0.15, 0.2) is 0 Å². The number of aliphatic hydroxyl groups excluding tert-OH is 1. The molecule has 1 aliphatic rings. The summed E-state index contributed by atoms with van der Waals surface area (Å²) in [5, 5.41) is 9.41. The Balaban J connectivity index is 0.000000561. The second kappa shape index (κ2) is 5.51. The first-order valence-corrected chi connectivity index (χ1v) is 4.73. The van der Waals surface area contributed by atoms with E-state index in [0.29, 0.717) is 5.92 Å². The molecule has 0 radical (unpaired) electrons. The van der Waals surface area contributed by atoms with E-state index in [-0.39, 0.29) is 12.1 Å². The lowest BCUT2D eigenvalue weighted by molar-refractivity contribution is 0.0269. The molecule has 1 rings (SSSR count). The molecule has 12 heavy (non-hydrogen) atoms. The number of aliphatic hydroxyl groups is 1. The maximum absolute atomic E-state index is 9.41. The van der Waals surface area contributed by atoms with Crippen LogP contribution in [0, 0.1) is 5.92 Å². The summed E-state index contributed by atoms with van der Waals surface area (Å²) in [5.41, 5.74) is 5.67. The van der Waals surface area contributed by atoms with E-state index in [9.17, 15) is 5.11 Å². The second-order valence-corrected chi connectivity index (χ2v) is 3.35. The Morgan fingerprint density at radius 3 is 2.25 bits per heavy atom. The highest BCUT2D eigenvalue weighted by atomic mass is 16.3. The predicted molar refractivity (Wildman–Crippen MR) is 52.0 cm³/mol. The van der Waals surface area contributed by atoms with Gasteiger partial charge in [-0.15, -0.1) is 0 Å². The van der Waals surface area contributed by atoms with Crippen molar-refractivity contribution in [3.63, 3.8) is 0 Å². The number of likely N-dealkylation sites (N-methyl/N-ethyl adjacent to an activating group) is 1. The first-order valence-electron chi connectivity index (χ1n) is 4.73. The molecule has 1 heterocycles. The van der Waals surface area contributed by atoms with Crippen molar-refractivity contribution in [2.75, 3.05) is 20.1 Å². The lowest BCUT2D eigenvalue weighted by Gasteiger charge is -2.36. The summed E-state index contributed by atoms with van der Waals surface area (Å²) in [6.45, 7) is 7.79. The number of likely N-dealkylation sites (tertiary alicyclic amines) is 1. The Labute approximate surface area is 75.6 Å². The van der Waals surface area contributed by atoms with Gasteiger partial charge in [0.25, 0.3) is 0 Å². The predicted octanol–water partition coefficient (Wildman–Crippen LogP) is 0.282. The smallest absolute Gasteiger partial charge is 0.0741 e. The Morgan fingerprint density at radius 2 is 1.83 bits per heavy atom. The molecular weight excluding hydrogens is 152 g/mol. The average molecular weight is 174 g/mol. The molecule has 3 nitrogen and oxygen atoms in total. The van der Waals surface area contributed by atoms with E-state index in [1.807, 2.05) is 27.8 Å². The number of nitrogens with two attached hydrogens (primary N) is 1.